The predicted molar refractivity (Wildman–Crippen MR) is 357 cm³/mol. The first-order valence-corrected chi connectivity index (χ1v) is 29.2. The number of nitrogens with zero attached hydrogens (tertiary/aromatic N) is 1. The summed E-state index contributed by atoms with van der Waals surface area (Å²) in [5, 5.41) is 10.7. The van der Waals surface area contributed by atoms with E-state index in [1.54, 1.807) is 0 Å². The van der Waals surface area contributed by atoms with Crippen molar-refractivity contribution >= 4 is 81.1 Å². The number of fused-ring (bicyclic) bond motifs is 6. The molecular formula is C80H52BrN2-. The molecule has 3 heteroatoms. The minimum Gasteiger partial charge on any atom is -1.00 e. The van der Waals surface area contributed by atoms with Crippen LogP contribution >= 0.6 is 15.9 Å². The normalized spacial score (nSPS) is 11.7. The van der Waals surface area contributed by atoms with Gasteiger partial charge in [-0.1, -0.05) is 271 Å². The van der Waals surface area contributed by atoms with Crippen molar-refractivity contribution in [1.82, 2.24) is 9.55 Å². The maximum absolute atomic E-state index is 3.60. The summed E-state index contributed by atoms with van der Waals surface area (Å²) in [5.74, 6) is 0. The predicted octanol–water partition coefficient (Wildman–Crippen LogP) is 22.9. The third-order valence-corrected chi connectivity index (χ3v) is 17.6. The van der Waals surface area contributed by atoms with Crippen molar-refractivity contribution in [3.63, 3.8) is 0 Å². The molecule has 14 aromatic carbocycles. The van der Waals surface area contributed by atoms with Gasteiger partial charge < -0.3 is 11.0 Å². The number of nitrogens with one attached hydrogen (secondary N) is 1. The lowest BCUT2D eigenvalue weighted by molar-refractivity contribution is 1.18. The summed E-state index contributed by atoms with van der Waals surface area (Å²) in [6, 6.07) is 109. The average molecular weight is 1120 g/mol. The summed E-state index contributed by atoms with van der Waals surface area (Å²) in [7, 11) is 0. The Morgan fingerprint density at radius 1 is 0.229 bits per heavy atom. The molecule has 0 fully saturated rings. The SMILES string of the molecule is Brc1ccc(-c2ccccc2-c2ccccc2)cc1.[H-].c1ccc(-c2ccccc2-c2ccc(-n3c4cccc5c4c4c6c(cccc6ccc43)-c3ccccc3-5)cc2)cc1.c1ccc2c(c1)-c1cccc3ccc4[nH]c5cccc-2c5c4c13. The van der Waals surface area contributed by atoms with Gasteiger partial charge in [0.25, 0.3) is 0 Å². The molecule has 0 aliphatic heterocycles. The number of aromatic amines is 1. The number of aromatic nitrogens is 2. The molecule has 0 unspecified atom stereocenters. The molecule has 1 N–H and O–H groups in total. The van der Waals surface area contributed by atoms with Gasteiger partial charge in [-0.15, -0.1) is 0 Å². The van der Waals surface area contributed by atoms with Crippen molar-refractivity contribution in [2.45, 2.75) is 0 Å². The highest BCUT2D eigenvalue weighted by molar-refractivity contribution is 9.10. The van der Waals surface area contributed by atoms with Crippen molar-refractivity contribution in [3.05, 3.63) is 308 Å². The fraction of sp³-hybridized carbons (Fsp3) is 0. The van der Waals surface area contributed by atoms with E-state index in [2.05, 4.69) is 323 Å². The number of halogens is 1. The van der Waals surface area contributed by atoms with Crippen LogP contribution in [0.3, 0.4) is 0 Å². The lowest BCUT2D eigenvalue weighted by Crippen LogP contribution is -1.95. The van der Waals surface area contributed by atoms with Crippen LogP contribution in [0.2, 0.25) is 0 Å². The van der Waals surface area contributed by atoms with Crippen LogP contribution in [-0.2, 0) is 0 Å². The van der Waals surface area contributed by atoms with E-state index in [-0.39, 0.29) is 1.43 Å². The van der Waals surface area contributed by atoms with Crippen LogP contribution < -0.4 is 0 Å². The molecule has 83 heavy (non-hydrogen) atoms. The van der Waals surface area contributed by atoms with Gasteiger partial charge in [0.05, 0.1) is 11.0 Å². The zero-order valence-corrected chi connectivity index (χ0v) is 46.8. The number of rotatable bonds is 5. The van der Waals surface area contributed by atoms with Crippen LogP contribution in [-0.4, -0.2) is 9.55 Å². The smallest absolute Gasteiger partial charge is 0.0547 e. The maximum Gasteiger partial charge on any atom is 0.0547 e. The molecule has 2 heterocycles. The van der Waals surface area contributed by atoms with Crippen molar-refractivity contribution in [1.29, 1.82) is 0 Å². The molecule has 0 radical (unpaired) electrons. The Morgan fingerprint density at radius 3 is 1.11 bits per heavy atom. The number of hydrogen-bond donors (Lipinski definition) is 1. The highest BCUT2D eigenvalue weighted by Crippen LogP contribution is 2.51. The topological polar surface area (TPSA) is 20.7 Å². The first kappa shape index (κ1) is 48.6. The van der Waals surface area contributed by atoms with Gasteiger partial charge >= 0.3 is 0 Å². The Kier molecular flexibility index (Phi) is 11.7. The zero-order chi connectivity index (χ0) is 55.0. The van der Waals surface area contributed by atoms with Gasteiger partial charge in [-0.05, 0) is 159 Å². The average Bonchev–Trinajstić information content (AvgIpc) is 1.72. The minimum absolute atomic E-state index is 0. The van der Waals surface area contributed by atoms with Crippen LogP contribution in [0.1, 0.15) is 1.43 Å². The molecule has 2 aliphatic rings. The van der Waals surface area contributed by atoms with Crippen LogP contribution in [0.4, 0.5) is 0 Å². The van der Waals surface area contributed by atoms with Crippen molar-refractivity contribution < 1.29 is 1.43 Å². The van der Waals surface area contributed by atoms with E-state index < -0.39 is 0 Å². The lowest BCUT2D eigenvalue weighted by Gasteiger charge is -2.14. The van der Waals surface area contributed by atoms with E-state index in [1.807, 2.05) is 6.07 Å². The van der Waals surface area contributed by atoms with Crippen molar-refractivity contribution in [2.75, 3.05) is 0 Å². The van der Waals surface area contributed by atoms with Gasteiger partial charge in [-0.25, -0.2) is 0 Å². The quantitative estimate of drug-likeness (QED) is 0.177. The highest BCUT2D eigenvalue weighted by atomic mass is 79.9. The molecule has 0 saturated carbocycles. The molecule has 2 aromatic heterocycles. The summed E-state index contributed by atoms with van der Waals surface area (Å²) in [5.41, 5.74) is 26.6. The molecule has 16 aromatic rings. The molecule has 390 valence electrons. The molecule has 0 spiro atoms. The van der Waals surface area contributed by atoms with E-state index in [0.29, 0.717) is 0 Å². The molecule has 18 rings (SSSR count). The monoisotopic (exact) mass is 1120 g/mol. The highest BCUT2D eigenvalue weighted by Gasteiger charge is 2.25. The Morgan fingerprint density at radius 2 is 0.590 bits per heavy atom. The van der Waals surface area contributed by atoms with Gasteiger partial charge in [0.15, 0.2) is 0 Å². The van der Waals surface area contributed by atoms with E-state index in [0.717, 1.165) is 4.47 Å². The Hall–Kier alpha value is -10.3. The van der Waals surface area contributed by atoms with E-state index in [9.17, 15) is 0 Å². The third-order valence-electron chi connectivity index (χ3n) is 17.1. The Balaban J connectivity index is 0.000000118. The van der Waals surface area contributed by atoms with Crippen LogP contribution in [0, 0.1) is 0 Å². The van der Waals surface area contributed by atoms with Gasteiger partial charge in [0.1, 0.15) is 0 Å². The summed E-state index contributed by atoms with van der Waals surface area (Å²) < 4.78 is 3.55. The fourth-order valence-electron chi connectivity index (χ4n) is 13.5. The second-order valence-corrected chi connectivity index (χ2v) is 22.5. The molecule has 0 bridgehead atoms. The van der Waals surface area contributed by atoms with Crippen LogP contribution in [0.15, 0.2) is 308 Å². The lowest BCUT2D eigenvalue weighted by atomic mass is 9.93. The minimum atomic E-state index is 0. The largest absolute Gasteiger partial charge is 1.00 e. The standard InChI is InChI=1S/C40H25N.C22H13N.C18H13Br.H/c1-2-10-26(11-3-1)30-13-4-5-14-31(30)27-20-23-29(24-21-27)41-36-19-9-18-35-33-16-7-6-15-32(33)34-17-8-12-28-22-25-37(41)40(38(28)34)39(35)36;1-2-7-15-14(6-1)16-8-3-5-13-11-12-19-22(20(13)16)21-17(15)9-4-10-18(21)23-19;19-16-12-10-15(11-13-16)18-9-5-4-8-17(18)14-6-2-1-3-7-14;/h1-25H;1-12,23H;1-13H;/q;;;-1. The molecule has 0 atom stereocenters. The molecule has 0 saturated heterocycles. The summed E-state index contributed by atoms with van der Waals surface area (Å²) >= 11 is 3.48. The van der Waals surface area contributed by atoms with Gasteiger partial charge in [-0.2, -0.15) is 0 Å². The second-order valence-electron chi connectivity index (χ2n) is 21.6. The molecule has 2 nitrogen and oxygen atoms in total. The number of H-pyrrole nitrogens is 1. The first-order chi connectivity index (χ1) is 41.1. The maximum atomic E-state index is 3.60. The van der Waals surface area contributed by atoms with E-state index in [4.69, 9.17) is 0 Å². The van der Waals surface area contributed by atoms with Crippen molar-refractivity contribution in [2.24, 2.45) is 0 Å². The summed E-state index contributed by atoms with van der Waals surface area (Å²) in [4.78, 5) is 3.60. The third kappa shape index (κ3) is 8.07. The van der Waals surface area contributed by atoms with Crippen LogP contribution in [0.25, 0.3) is 160 Å². The summed E-state index contributed by atoms with van der Waals surface area (Å²) in [6.07, 6.45) is 0. The van der Waals surface area contributed by atoms with Gasteiger partial charge in [-0.3, -0.25) is 0 Å². The van der Waals surface area contributed by atoms with E-state index in [1.165, 1.54) is 160 Å². The Labute approximate surface area is 491 Å². The summed E-state index contributed by atoms with van der Waals surface area (Å²) in [6.45, 7) is 0. The molecule has 2 aliphatic carbocycles. The Bertz CT molecular complexity index is 5170. The number of benzene rings is 14. The molecule has 0 amide bonds. The fourth-order valence-corrected chi connectivity index (χ4v) is 13.7. The van der Waals surface area contributed by atoms with Gasteiger partial charge in [0, 0.05) is 42.7 Å². The van der Waals surface area contributed by atoms with E-state index >= 15 is 0 Å². The van der Waals surface area contributed by atoms with Crippen LogP contribution in [0.5, 0.6) is 0 Å². The molecular weight excluding hydrogens is 1070 g/mol. The zero-order valence-electron chi connectivity index (χ0n) is 46.2. The van der Waals surface area contributed by atoms with Gasteiger partial charge in [0.2, 0.25) is 0 Å². The second kappa shape index (κ2) is 20.0. The first-order valence-electron chi connectivity index (χ1n) is 28.4. The van der Waals surface area contributed by atoms with Crippen molar-refractivity contribution in [3.8, 4) is 94.7 Å². The number of hydrogen-bond acceptors (Lipinski definition) is 0.